The number of carbonyl (C=O) groups is 3. The van der Waals surface area contributed by atoms with Gasteiger partial charge < -0.3 is 15.9 Å². The summed E-state index contributed by atoms with van der Waals surface area (Å²) in [6.07, 6.45) is -0.0261. The largest absolute Gasteiger partial charge is 0.365 e. The number of hydrogen-bond acceptors (Lipinski definition) is 5. The number of carbonyl (C=O) groups excluding carboxylic acids is 3. The third-order valence-electron chi connectivity index (χ3n) is 1.78. The van der Waals surface area contributed by atoms with Gasteiger partial charge in [0.15, 0.2) is 7.98 Å². The van der Waals surface area contributed by atoms with Crippen LogP contribution >= 0.6 is 0 Å². The lowest BCUT2D eigenvalue weighted by Crippen LogP contribution is -2.39. The van der Waals surface area contributed by atoms with Gasteiger partial charge in [-0.05, 0) is 0 Å². The maximum absolute atomic E-state index is 11.2. The first kappa shape index (κ1) is 15.4. The molecule has 17 heavy (non-hydrogen) atoms. The average Bonchev–Trinajstić information content (AvgIpc) is 2.33. The summed E-state index contributed by atoms with van der Waals surface area (Å²) in [7, 11) is 5.00. The molecule has 0 bridgehead atoms. The Morgan fingerprint density at radius 1 is 0.941 bits per heavy atom. The van der Waals surface area contributed by atoms with E-state index < -0.39 is 5.91 Å². The van der Waals surface area contributed by atoms with Crippen molar-refractivity contribution >= 4 is 25.7 Å². The minimum absolute atomic E-state index is 0.0129. The van der Waals surface area contributed by atoms with Crippen molar-refractivity contribution in [2.75, 3.05) is 19.6 Å². The molecule has 0 unspecified atom stereocenters. The summed E-state index contributed by atoms with van der Waals surface area (Å²) in [5, 5.41) is 7.25. The van der Waals surface area contributed by atoms with Gasteiger partial charge in [-0.25, -0.2) is 5.84 Å². The van der Waals surface area contributed by atoms with Gasteiger partial charge in [-0.1, -0.05) is 0 Å². The molecule has 0 aromatic carbocycles. The highest BCUT2D eigenvalue weighted by Crippen LogP contribution is 1.87. The normalized spacial score (nSPS) is 9.47. The molecular formula is C8H16BN5O3. The van der Waals surface area contributed by atoms with Gasteiger partial charge in [-0.2, -0.15) is 0 Å². The Morgan fingerprint density at radius 3 is 2.18 bits per heavy atom. The summed E-state index contributed by atoms with van der Waals surface area (Å²) in [6.45, 7) is 0.685. The van der Waals surface area contributed by atoms with Gasteiger partial charge in [0.05, 0.1) is 6.54 Å². The van der Waals surface area contributed by atoms with Crippen molar-refractivity contribution in [3.63, 3.8) is 0 Å². The van der Waals surface area contributed by atoms with E-state index in [0.29, 0.717) is 13.1 Å². The standard InChI is InChI=1S/C8H16BN5O3/c9-13-4-3-11-8(17)5-12-6(15)1-2-7(16)14-10/h13H,1-5,10H2,(H,11,17)(H,12,15)(H,14,16). The van der Waals surface area contributed by atoms with Crippen LogP contribution in [0.2, 0.25) is 0 Å². The molecule has 0 aliphatic heterocycles. The fourth-order valence-corrected chi connectivity index (χ4v) is 0.903. The zero-order valence-corrected chi connectivity index (χ0v) is 9.41. The van der Waals surface area contributed by atoms with Crippen molar-refractivity contribution in [2.24, 2.45) is 5.84 Å². The summed E-state index contributed by atoms with van der Waals surface area (Å²) >= 11 is 0. The molecule has 0 aromatic rings. The molecule has 9 heteroatoms. The van der Waals surface area contributed by atoms with E-state index in [4.69, 9.17) is 13.8 Å². The molecule has 6 N–H and O–H groups in total. The lowest BCUT2D eigenvalue weighted by atomic mass is 10.3. The van der Waals surface area contributed by atoms with Crippen LogP contribution in [0.3, 0.4) is 0 Å². The van der Waals surface area contributed by atoms with Gasteiger partial charge in [0.25, 0.3) is 0 Å². The van der Waals surface area contributed by atoms with Crippen LogP contribution in [0.1, 0.15) is 12.8 Å². The molecule has 0 aliphatic carbocycles. The summed E-state index contributed by atoms with van der Waals surface area (Å²) < 4.78 is 0. The summed E-state index contributed by atoms with van der Waals surface area (Å²) in [6, 6.07) is 0. The van der Waals surface area contributed by atoms with E-state index in [-0.39, 0.29) is 31.2 Å². The second-order valence-electron chi connectivity index (χ2n) is 3.15. The minimum atomic E-state index is -0.432. The first-order valence-electron chi connectivity index (χ1n) is 5.06. The average molecular weight is 241 g/mol. The summed E-state index contributed by atoms with van der Waals surface area (Å²) in [5.41, 5.74) is 1.90. The number of hydrogen-bond donors (Lipinski definition) is 5. The molecule has 8 nitrogen and oxygen atoms in total. The number of nitrogens with one attached hydrogen (secondary N) is 4. The van der Waals surface area contributed by atoms with Gasteiger partial charge in [-0.3, -0.25) is 19.8 Å². The lowest BCUT2D eigenvalue weighted by Gasteiger charge is -2.06. The molecule has 94 valence electrons. The smallest absolute Gasteiger partial charge is 0.239 e. The molecule has 0 rings (SSSR count). The van der Waals surface area contributed by atoms with E-state index in [0.717, 1.165) is 0 Å². The summed E-state index contributed by atoms with van der Waals surface area (Å²) in [4.78, 5) is 33.0. The van der Waals surface area contributed by atoms with Gasteiger partial charge >= 0.3 is 0 Å². The van der Waals surface area contributed by atoms with E-state index in [1.54, 1.807) is 0 Å². The van der Waals surface area contributed by atoms with Crippen LogP contribution in [-0.4, -0.2) is 45.3 Å². The molecule has 3 amide bonds. The molecule has 0 spiro atoms. The maximum atomic E-state index is 11.2. The van der Waals surface area contributed by atoms with E-state index in [2.05, 4.69) is 15.9 Å². The Hall–Kier alpha value is -1.61. The van der Waals surface area contributed by atoms with Crippen molar-refractivity contribution in [2.45, 2.75) is 12.8 Å². The molecule has 0 fully saturated rings. The molecule has 2 radical (unpaired) electrons. The van der Waals surface area contributed by atoms with Crippen LogP contribution in [0, 0.1) is 0 Å². The van der Waals surface area contributed by atoms with Gasteiger partial charge in [0.1, 0.15) is 0 Å². The van der Waals surface area contributed by atoms with E-state index in [9.17, 15) is 14.4 Å². The van der Waals surface area contributed by atoms with Gasteiger partial charge in [0, 0.05) is 25.9 Å². The van der Waals surface area contributed by atoms with Crippen LogP contribution in [-0.2, 0) is 14.4 Å². The highest BCUT2D eigenvalue weighted by Gasteiger charge is 2.07. The maximum Gasteiger partial charge on any atom is 0.239 e. The molecule has 0 saturated carbocycles. The van der Waals surface area contributed by atoms with Gasteiger partial charge in [-0.15, -0.1) is 0 Å². The Labute approximate surface area is 100 Å². The zero-order valence-electron chi connectivity index (χ0n) is 9.41. The highest BCUT2D eigenvalue weighted by atomic mass is 16.2. The first-order chi connectivity index (χ1) is 8.10. The van der Waals surface area contributed by atoms with E-state index >= 15 is 0 Å². The zero-order chi connectivity index (χ0) is 13.1. The summed E-state index contributed by atoms with van der Waals surface area (Å²) in [5.74, 6) is 3.69. The van der Waals surface area contributed by atoms with Crippen LogP contribution in [0.4, 0.5) is 0 Å². The van der Waals surface area contributed by atoms with Gasteiger partial charge in [0.2, 0.25) is 17.7 Å². The molecule has 0 aliphatic rings. The van der Waals surface area contributed by atoms with Crippen molar-refractivity contribution in [1.82, 2.24) is 21.3 Å². The number of rotatable bonds is 8. The Balaban J connectivity index is 3.55. The number of hydrazine groups is 1. The van der Waals surface area contributed by atoms with Crippen molar-refractivity contribution < 1.29 is 14.4 Å². The number of amides is 3. The fourth-order valence-electron chi connectivity index (χ4n) is 0.903. The Bertz CT molecular complexity index is 274. The molecule has 0 aromatic heterocycles. The van der Waals surface area contributed by atoms with Crippen molar-refractivity contribution in [3.05, 3.63) is 0 Å². The molecule has 0 heterocycles. The second kappa shape index (κ2) is 9.61. The molecular weight excluding hydrogens is 225 g/mol. The topological polar surface area (TPSA) is 125 Å². The SMILES string of the molecule is [B]NCCNC(=O)CNC(=O)CCC(=O)NN. The third kappa shape index (κ3) is 9.33. The third-order valence-corrected chi connectivity index (χ3v) is 1.78. The molecule has 0 saturated heterocycles. The highest BCUT2D eigenvalue weighted by molar-refractivity contribution is 6.04. The van der Waals surface area contributed by atoms with E-state index in [1.807, 2.05) is 5.43 Å². The first-order valence-corrected chi connectivity index (χ1v) is 5.06. The van der Waals surface area contributed by atoms with Crippen LogP contribution < -0.4 is 27.1 Å². The predicted octanol–water partition coefficient (Wildman–Crippen LogP) is -3.34. The van der Waals surface area contributed by atoms with Crippen LogP contribution in [0.5, 0.6) is 0 Å². The van der Waals surface area contributed by atoms with Crippen LogP contribution in [0.25, 0.3) is 0 Å². The minimum Gasteiger partial charge on any atom is -0.365 e. The quantitative estimate of drug-likeness (QED) is 0.0998. The Kier molecular flexibility index (Phi) is 8.70. The van der Waals surface area contributed by atoms with Crippen molar-refractivity contribution in [1.29, 1.82) is 0 Å². The fraction of sp³-hybridized carbons (Fsp3) is 0.625. The van der Waals surface area contributed by atoms with E-state index in [1.165, 1.54) is 0 Å². The van der Waals surface area contributed by atoms with Crippen molar-refractivity contribution in [3.8, 4) is 0 Å². The Morgan fingerprint density at radius 2 is 1.59 bits per heavy atom. The number of nitrogens with two attached hydrogens (primary N) is 1. The monoisotopic (exact) mass is 241 g/mol. The lowest BCUT2D eigenvalue weighted by molar-refractivity contribution is -0.128. The second-order valence-corrected chi connectivity index (χ2v) is 3.15. The van der Waals surface area contributed by atoms with Crippen LogP contribution in [0.15, 0.2) is 0 Å². The molecule has 0 atom stereocenters. The predicted molar refractivity (Wildman–Crippen MR) is 61.3 cm³/mol.